The second kappa shape index (κ2) is 8.64. The predicted molar refractivity (Wildman–Crippen MR) is 133 cm³/mol. The molecule has 0 amide bonds. The van der Waals surface area contributed by atoms with E-state index in [9.17, 15) is 9.59 Å². The highest BCUT2D eigenvalue weighted by Gasteiger charge is 2.15. The molecule has 5 aromatic rings. The van der Waals surface area contributed by atoms with Gasteiger partial charge < -0.3 is 4.74 Å². The normalized spacial score (nSPS) is 11.4. The zero-order valence-corrected chi connectivity index (χ0v) is 19.1. The third-order valence-corrected chi connectivity index (χ3v) is 6.41. The van der Waals surface area contributed by atoms with Crippen LogP contribution in [-0.4, -0.2) is 21.6 Å². The van der Waals surface area contributed by atoms with Crippen LogP contribution in [0.4, 0.5) is 0 Å². The van der Waals surface area contributed by atoms with E-state index in [1.54, 1.807) is 23.0 Å². The Morgan fingerprint density at radius 3 is 2.55 bits per heavy atom. The minimum absolute atomic E-state index is 0.0764. The number of hydrogen-bond acceptors (Lipinski definition) is 5. The summed E-state index contributed by atoms with van der Waals surface area (Å²) in [6, 6.07) is 21.4. The van der Waals surface area contributed by atoms with Crippen molar-refractivity contribution in [3.8, 4) is 11.1 Å². The summed E-state index contributed by atoms with van der Waals surface area (Å²) in [5.41, 5.74) is 3.26. The quantitative estimate of drug-likeness (QED) is 0.311. The molecular weight excluding hydrogens is 432 g/mol. The highest BCUT2D eigenvalue weighted by Crippen LogP contribution is 2.35. The molecule has 6 heteroatoms. The van der Waals surface area contributed by atoms with E-state index in [-0.39, 0.29) is 17.6 Å². The number of benzene rings is 3. The van der Waals surface area contributed by atoms with Crippen molar-refractivity contribution < 1.29 is 9.53 Å². The Hall–Kier alpha value is -3.77. The number of rotatable bonds is 5. The number of aromatic nitrogens is 2. The molecule has 0 aliphatic carbocycles. The van der Waals surface area contributed by atoms with Crippen LogP contribution >= 0.6 is 11.3 Å². The zero-order chi connectivity index (χ0) is 22.9. The summed E-state index contributed by atoms with van der Waals surface area (Å²) in [7, 11) is 0. The molecule has 0 saturated heterocycles. The van der Waals surface area contributed by atoms with Crippen LogP contribution in [0.1, 0.15) is 29.8 Å². The lowest BCUT2D eigenvalue weighted by molar-refractivity contribution is 0.0378. The Morgan fingerprint density at radius 1 is 1.00 bits per heavy atom. The SMILES string of the molecule is CC(C)OC(=O)c1ccc(Cn2cnc3scc(-c4cccc5ccccc45)c3c2=O)cc1. The predicted octanol–water partition coefficient (Wildman–Crippen LogP) is 5.89. The van der Waals surface area contributed by atoms with Crippen LogP contribution < -0.4 is 5.56 Å². The Balaban J connectivity index is 1.52. The average Bonchev–Trinajstić information content (AvgIpc) is 3.25. The van der Waals surface area contributed by atoms with Crippen LogP contribution in [0.5, 0.6) is 0 Å². The van der Waals surface area contributed by atoms with Crippen LogP contribution in [-0.2, 0) is 11.3 Å². The molecule has 0 spiro atoms. The number of fused-ring (bicyclic) bond motifs is 2. The van der Waals surface area contributed by atoms with Crippen LogP contribution in [0, 0.1) is 0 Å². The van der Waals surface area contributed by atoms with Crippen LogP contribution in [0.3, 0.4) is 0 Å². The highest BCUT2D eigenvalue weighted by atomic mass is 32.1. The number of carbonyl (C=O) groups excluding carboxylic acids is 1. The van der Waals surface area contributed by atoms with E-state index in [2.05, 4.69) is 29.2 Å². The number of nitrogens with zero attached hydrogens (tertiary/aromatic N) is 2. The molecule has 0 atom stereocenters. The Morgan fingerprint density at radius 2 is 1.76 bits per heavy atom. The Labute approximate surface area is 194 Å². The molecule has 0 aliphatic heterocycles. The molecule has 164 valence electrons. The van der Waals surface area contributed by atoms with Crippen molar-refractivity contribution >= 4 is 38.3 Å². The lowest BCUT2D eigenvalue weighted by atomic mass is 9.99. The maximum absolute atomic E-state index is 13.5. The van der Waals surface area contributed by atoms with E-state index < -0.39 is 0 Å². The molecule has 2 aromatic heterocycles. The van der Waals surface area contributed by atoms with Crippen LogP contribution in [0.15, 0.2) is 83.2 Å². The standard InChI is InChI=1S/C27H22N2O3S/c1-17(2)32-27(31)20-12-10-18(11-13-20)14-29-16-28-25-24(26(29)30)23(15-33-25)22-9-5-7-19-6-3-4-8-21(19)22/h3-13,15-17H,14H2,1-2H3. The molecule has 0 N–H and O–H groups in total. The smallest absolute Gasteiger partial charge is 0.338 e. The van der Waals surface area contributed by atoms with E-state index in [0.29, 0.717) is 17.5 Å². The summed E-state index contributed by atoms with van der Waals surface area (Å²) in [6.45, 7) is 4.00. The molecule has 5 rings (SSSR count). The van der Waals surface area contributed by atoms with Crippen LogP contribution in [0.25, 0.3) is 32.1 Å². The second-order valence-electron chi connectivity index (χ2n) is 8.18. The van der Waals surface area contributed by atoms with Gasteiger partial charge in [0.15, 0.2) is 0 Å². The first-order valence-electron chi connectivity index (χ1n) is 10.8. The van der Waals surface area contributed by atoms with E-state index in [1.807, 2.05) is 49.6 Å². The average molecular weight is 455 g/mol. The fourth-order valence-electron chi connectivity index (χ4n) is 3.96. The third kappa shape index (κ3) is 4.05. The summed E-state index contributed by atoms with van der Waals surface area (Å²) < 4.78 is 6.85. The van der Waals surface area contributed by atoms with Crippen molar-refractivity contribution in [1.29, 1.82) is 0 Å². The van der Waals surface area contributed by atoms with Crippen molar-refractivity contribution in [2.75, 3.05) is 0 Å². The lowest BCUT2D eigenvalue weighted by Gasteiger charge is -2.10. The van der Waals surface area contributed by atoms with Gasteiger partial charge in [0, 0.05) is 10.9 Å². The van der Waals surface area contributed by atoms with Gasteiger partial charge in [0.05, 0.1) is 29.9 Å². The fourth-order valence-corrected chi connectivity index (χ4v) is 4.86. The molecular formula is C27H22N2O3S. The molecule has 5 nitrogen and oxygen atoms in total. The van der Waals surface area contributed by atoms with E-state index in [4.69, 9.17) is 4.74 Å². The number of carbonyl (C=O) groups is 1. The highest BCUT2D eigenvalue weighted by molar-refractivity contribution is 7.17. The second-order valence-corrected chi connectivity index (χ2v) is 9.04. The minimum atomic E-state index is -0.352. The first kappa shape index (κ1) is 21.1. The summed E-state index contributed by atoms with van der Waals surface area (Å²) in [6.07, 6.45) is 1.42. The van der Waals surface area contributed by atoms with Gasteiger partial charge in [0.1, 0.15) is 4.83 Å². The van der Waals surface area contributed by atoms with E-state index in [0.717, 1.165) is 32.3 Å². The van der Waals surface area contributed by atoms with Gasteiger partial charge in [-0.1, -0.05) is 54.6 Å². The van der Waals surface area contributed by atoms with Crippen molar-refractivity contribution in [3.63, 3.8) is 0 Å². The molecule has 0 radical (unpaired) electrons. The van der Waals surface area contributed by atoms with Gasteiger partial charge in [0.2, 0.25) is 0 Å². The van der Waals surface area contributed by atoms with Gasteiger partial charge in [-0.05, 0) is 47.9 Å². The van der Waals surface area contributed by atoms with E-state index >= 15 is 0 Å². The Bertz CT molecular complexity index is 1530. The van der Waals surface area contributed by atoms with Gasteiger partial charge in [-0.15, -0.1) is 11.3 Å². The lowest BCUT2D eigenvalue weighted by Crippen LogP contribution is -2.21. The van der Waals surface area contributed by atoms with Crippen molar-refractivity contribution in [3.05, 3.63) is 99.9 Å². The number of thiophene rings is 1. The monoisotopic (exact) mass is 454 g/mol. The first-order valence-corrected chi connectivity index (χ1v) is 11.6. The number of hydrogen-bond donors (Lipinski definition) is 0. The molecule has 0 bridgehead atoms. The van der Waals surface area contributed by atoms with Crippen molar-refractivity contribution in [1.82, 2.24) is 9.55 Å². The molecule has 3 aromatic carbocycles. The molecule has 0 unspecified atom stereocenters. The third-order valence-electron chi connectivity index (χ3n) is 5.53. The molecule has 0 saturated carbocycles. The summed E-state index contributed by atoms with van der Waals surface area (Å²) in [5, 5.41) is 4.89. The van der Waals surface area contributed by atoms with Gasteiger partial charge in [0.25, 0.3) is 5.56 Å². The zero-order valence-electron chi connectivity index (χ0n) is 18.3. The van der Waals surface area contributed by atoms with Gasteiger partial charge in [-0.2, -0.15) is 0 Å². The van der Waals surface area contributed by atoms with Gasteiger partial charge >= 0.3 is 5.97 Å². The maximum Gasteiger partial charge on any atom is 0.338 e. The van der Waals surface area contributed by atoms with Gasteiger partial charge in [-0.3, -0.25) is 9.36 Å². The first-order chi connectivity index (χ1) is 16.0. The van der Waals surface area contributed by atoms with E-state index in [1.165, 1.54) is 11.3 Å². The van der Waals surface area contributed by atoms with Crippen molar-refractivity contribution in [2.45, 2.75) is 26.5 Å². The molecule has 33 heavy (non-hydrogen) atoms. The summed E-state index contributed by atoms with van der Waals surface area (Å²) >= 11 is 1.48. The van der Waals surface area contributed by atoms with Gasteiger partial charge in [-0.25, -0.2) is 9.78 Å². The number of esters is 1. The maximum atomic E-state index is 13.5. The Kier molecular flexibility index (Phi) is 5.52. The number of ether oxygens (including phenoxy) is 1. The van der Waals surface area contributed by atoms with Crippen LogP contribution in [0.2, 0.25) is 0 Å². The largest absolute Gasteiger partial charge is 0.459 e. The fraction of sp³-hybridized carbons (Fsp3) is 0.148. The summed E-state index contributed by atoms with van der Waals surface area (Å²) in [4.78, 5) is 30.8. The molecule has 2 heterocycles. The summed E-state index contributed by atoms with van der Waals surface area (Å²) in [5.74, 6) is -0.352. The molecule has 0 fully saturated rings. The minimum Gasteiger partial charge on any atom is -0.459 e. The topological polar surface area (TPSA) is 61.2 Å². The molecule has 0 aliphatic rings. The van der Waals surface area contributed by atoms with Crippen molar-refractivity contribution in [2.24, 2.45) is 0 Å².